The number of carbonyl (C=O) groups is 2. The molecule has 3 aromatic rings. The van der Waals surface area contributed by atoms with Gasteiger partial charge in [0.05, 0.1) is 18.4 Å². The van der Waals surface area contributed by atoms with Crippen molar-refractivity contribution in [2.45, 2.75) is 13.8 Å². The number of carbonyl (C=O) groups excluding carboxylic acids is 2. The number of hydrogen-bond donors (Lipinski definition) is 2. The van der Waals surface area contributed by atoms with E-state index in [1.165, 1.54) is 13.1 Å². The number of ketones is 1. The molecule has 6 nitrogen and oxygen atoms in total. The average Bonchev–Trinajstić information content (AvgIpc) is 2.69. The van der Waals surface area contributed by atoms with E-state index in [1.54, 1.807) is 43.5 Å². The number of pyridine rings is 1. The highest BCUT2D eigenvalue weighted by atomic mass is 16.5. The van der Waals surface area contributed by atoms with Gasteiger partial charge in [-0.05, 0) is 55.8 Å². The number of benzene rings is 2. The molecular formula is C22H21N3O3. The quantitative estimate of drug-likeness (QED) is 0.616. The van der Waals surface area contributed by atoms with Crippen LogP contribution in [0.4, 0.5) is 17.2 Å². The third-order valence-electron chi connectivity index (χ3n) is 4.17. The molecule has 3 rings (SSSR count). The third-order valence-corrected chi connectivity index (χ3v) is 4.17. The Kier molecular flexibility index (Phi) is 5.69. The van der Waals surface area contributed by atoms with Crippen LogP contribution in [-0.4, -0.2) is 23.8 Å². The summed E-state index contributed by atoms with van der Waals surface area (Å²) >= 11 is 0. The van der Waals surface area contributed by atoms with Crippen molar-refractivity contribution in [2.24, 2.45) is 0 Å². The van der Waals surface area contributed by atoms with Gasteiger partial charge in [-0.1, -0.05) is 18.2 Å². The smallest absolute Gasteiger partial charge is 0.257 e. The first-order valence-electron chi connectivity index (χ1n) is 8.76. The number of amides is 1. The molecule has 0 radical (unpaired) electrons. The number of ether oxygens (including phenoxy) is 1. The lowest BCUT2D eigenvalue weighted by atomic mass is 10.1. The van der Waals surface area contributed by atoms with Crippen LogP contribution in [-0.2, 0) is 0 Å². The Morgan fingerprint density at radius 2 is 1.82 bits per heavy atom. The second-order valence-electron chi connectivity index (χ2n) is 6.35. The van der Waals surface area contributed by atoms with Gasteiger partial charge < -0.3 is 15.4 Å². The lowest BCUT2D eigenvalue weighted by Gasteiger charge is -2.12. The fourth-order valence-corrected chi connectivity index (χ4v) is 2.68. The Labute approximate surface area is 163 Å². The molecule has 1 heterocycles. The third kappa shape index (κ3) is 4.54. The van der Waals surface area contributed by atoms with Crippen molar-refractivity contribution in [1.29, 1.82) is 0 Å². The monoisotopic (exact) mass is 375 g/mol. The van der Waals surface area contributed by atoms with Crippen molar-refractivity contribution in [1.82, 2.24) is 4.98 Å². The maximum absolute atomic E-state index is 12.4. The molecule has 0 atom stereocenters. The molecule has 0 aliphatic rings. The van der Waals surface area contributed by atoms with Gasteiger partial charge in [-0.2, -0.15) is 0 Å². The minimum atomic E-state index is -0.298. The van der Waals surface area contributed by atoms with E-state index in [9.17, 15) is 9.59 Å². The molecule has 0 fully saturated rings. The molecular weight excluding hydrogens is 354 g/mol. The summed E-state index contributed by atoms with van der Waals surface area (Å²) in [6.45, 7) is 3.48. The number of aromatic nitrogens is 1. The fraction of sp³-hybridized carbons (Fsp3) is 0.136. The molecule has 1 aromatic heterocycles. The van der Waals surface area contributed by atoms with Gasteiger partial charge in [0.2, 0.25) is 0 Å². The number of hydrogen-bond acceptors (Lipinski definition) is 5. The van der Waals surface area contributed by atoms with Crippen molar-refractivity contribution < 1.29 is 14.3 Å². The number of aryl methyl sites for hydroxylation is 1. The van der Waals surface area contributed by atoms with Crippen molar-refractivity contribution in [3.63, 3.8) is 0 Å². The zero-order valence-electron chi connectivity index (χ0n) is 15.9. The van der Waals surface area contributed by atoms with E-state index in [1.807, 2.05) is 25.1 Å². The normalized spacial score (nSPS) is 10.2. The molecule has 142 valence electrons. The highest BCUT2D eigenvalue weighted by molar-refractivity contribution is 6.05. The molecule has 6 heteroatoms. The van der Waals surface area contributed by atoms with Crippen molar-refractivity contribution >= 4 is 28.9 Å². The molecule has 0 aliphatic heterocycles. The lowest BCUT2D eigenvalue weighted by molar-refractivity contribution is 0.101. The molecule has 0 saturated heterocycles. The van der Waals surface area contributed by atoms with Crippen molar-refractivity contribution in [2.75, 3.05) is 17.7 Å². The predicted molar refractivity (Wildman–Crippen MR) is 110 cm³/mol. The van der Waals surface area contributed by atoms with E-state index >= 15 is 0 Å². The van der Waals surface area contributed by atoms with E-state index in [-0.39, 0.29) is 11.7 Å². The SMILES string of the molecule is COc1ccc(C)cc1Nc1ccc(C(=O)Nc2cccc(C(C)=O)c2)cn1. The van der Waals surface area contributed by atoms with Gasteiger partial charge in [-0.25, -0.2) is 4.98 Å². The molecule has 28 heavy (non-hydrogen) atoms. The van der Waals surface area contributed by atoms with Crippen molar-refractivity contribution in [3.05, 3.63) is 77.5 Å². The van der Waals surface area contributed by atoms with E-state index in [0.717, 1.165) is 11.3 Å². The molecule has 0 spiro atoms. The van der Waals surface area contributed by atoms with E-state index in [2.05, 4.69) is 15.6 Å². The lowest BCUT2D eigenvalue weighted by Crippen LogP contribution is -2.12. The summed E-state index contributed by atoms with van der Waals surface area (Å²) in [4.78, 5) is 28.2. The second kappa shape index (κ2) is 8.35. The van der Waals surface area contributed by atoms with Crippen LogP contribution < -0.4 is 15.4 Å². The Bertz CT molecular complexity index is 1010. The van der Waals surface area contributed by atoms with E-state index in [4.69, 9.17) is 4.74 Å². The summed E-state index contributed by atoms with van der Waals surface area (Å²) in [5, 5.41) is 5.97. The number of anilines is 3. The van der Waals surface area contributed by atoms with Crippen LogP contribution in [0, 0.1) is 6.92 Å². The first-order valence-corrected chi connectivity index (χ1v) is 8.76. The summed E-state index contributed by atoms with van der Waals surface area (Å²) in [5.74, 6) is 0.950. The van der Waals surface area contributed by atoms with Crippen LogP contribution in [0.15, 0.2) is 60.8 Å². The molecule has 0 bridgehead atoms. The number of Topliss-reactive ketones (excluding diaryl/α,β-unsaturated/α-hetero) is 1. The second-order valence-corrected chi connectivity index (χ2v) is 6.35. The summed E-state index contributed by atoms with van der Waals surface area (Å²) in [5.41, 5.74) is 3.40. The van der Waals surface area contributed by atoms with Crippen LogP contribution in [0.1, 0.15) is 33.2 Å². The molecule has 2 N–H and O–H groups in total. The molecule has 0 saturated carbocycles. The van der Waals surface area contributed by atoms with Gasteiger partial charge in [0, 0.05) is 17.4 Å². The molecule has 1 amide bonds. The highest BCUT2D eigenvalue weighted by Crippen LogP contribution is 2.27. The Morgan fingerprint density at radius 3 is 2.50 bits per heavy atom. The zero-order valence-corrected chi connectivity index (χ0v) is 15.9. The number of rotatable bonds is 6. The zero-order chi connectivity index (χ0) is 20.1. The van der Waals surface area contributed by atoms with Gasteiger partial charge >= 0.3 is 0 Å². The maximum Gasteiger partial charge on any atom is 0.257 e. The maximum atomic E-state index is 12.4. The molecule has 0 aliphatic carbocycles. The average molecular weight is 375 g/mol. The van der Waals surface area contributed by atoms with Gasteiger partial charge in [0.15, 0.2) is 5.78 Å². The summed E-state index contributed by atoms with van der Waals surface area (Å²) in [6, 6.07) is 16.0. The van der Waals surface area contributed by atoms with Gasteiger partial charge in [-0.3, -0.25) is 9.59 Å². The van der Waals surface area contributed by atoms with Crippen molar-refractivity contribution in [3.8, 4) is 5.75 Å². The minimum absolute atomic E-state index is 0.0558. The van der Waals surface area contributed by atoms with Gasteiger partial charge in [0.25, 0.3) is 5.91 Å². The first kappa shape index (κ1) is 19.1. The minimum Gasteiger partial charge on any atom is -0.495 e. The largest absolute Gasteiger partial charge is 0.495 e. The molecule has 2 aromatic carbocycles. The predicted octanol–water partition coefficient (Wildman–Crippen LogP) is 4.60. The topological polar surface area (TPSA) is 80.3 Å². The number of nitrogens with zero attached hydrogens (tertiary/aromatic N) is 1. The molecule has 0 unspecified atom stereocenters. The summed E-state index contributed by atoms with van der Waals surface area (Å²) in [6.07, 6.45) is 1.49. The van der Waals surface area contributed by atoms with Crippen LogP contribution in [0.5, 0.6) is 5.75 Å². The van der Waals surface area contributed by atoms with Gasteiger partial charge in [0.1, 0.15) is 11.6 Å². The van der Waals surface area contributed by atoms with Crippen LogP contribution in [0.25, 0.3) is 0 Å². The summed E-state index contributed by atoms with van der Waals surface area (Å²) in [7, 11) is 1.61. The van der Waals surface area contributed by atoms with E-state index in [0.29, 0.717) is 28.4 Å². The Morgan fingerprint density at radius 1 is 1.00 bits per heavy atom. The number of methoxy groups -OCH3 is 1. The highest BCUT2D eigenvalue weighted by Gasteiger charge is 2.09. The first-order chi connectivity index (χ1) is 13.5. The Hall–Kier alpha value is -3.67. The standard InChI is InChI=1S/C22H21N3O3/c1-14-7-9-20(28-3)19(11-14)25-21-10-8-17(13-23-21)22(27)24-18-6-4-5-16(12-18)15(2)26/h4-13H,1-3H3,(H,23,25)(H,24,27). The Balaban J connectivity index is 1.72. The summed E-state index contributed by atoms with van der Waals surface area (Å²) < 4.78 is 5.35. The van der Waals surface area contributed by atoms with Crippen LogP contribution in [0.3, 0.4) is 0 Å². The number of nitrogens with one attached hydrogen (secondary N) is 2. The van der Waals surface area contributed by atoms with Gasteiger partial charge in [-0.15, -0.1) is 0 Å². The fourth-order valence-electron chi connectivity index (χ4n) is 2.68. The van der Waals surface area contributed by atoms with Crippen LogP contribution in [0.2, 0.25) is 0 Å². The van der Waals surface area contributed by atoms with Crippen LogP contribution >= 0.6 is 0 Å². The van der Waals surface area contributed by atoms with E-state index < -0.39 is 0 Å².